The van der Waals surface area contributed by atoms with Gasteiger partial charge in [-0.05, 0) is 51.7 Å². The molecule has 4 nitrogen and oxygen atoms in total. The van der Waals surface area contributed by atoms with E-state index in [0.29, 0.717) is 0 Å². The van der Waals surface area contributed by atoms with Crippen molar-refractivity contribution in [2.75, 3.05) is 0 Å². The lowest BCUT2D eigenvalue weighted by Crippen LogP contribution is -2.65. The number of hydrogen-bond donors (Lipinski definition) is 2. The van der Waals surface area contributed by atoms with Crippen LogP contribution in [-0.4, -0.2) is 22.9 Å². The molecule has 0 aliphatic carbocycles. The summed E-state index contributed by atoms with van der Waals surface area (Å²) in [5, 5.41) is 6.21. The zero-order valence-corrected chi connectivity index (χ0v) is 13.2. The third-order valence-electron chi connectivity index (χ3n) is 5.23. The monoisotopic (exact) mass is 276 g/mol. The van der Waals surface area contributed by atoms with Gasteiger partial charge in [0.15, 0.2) is 0 Å². The topological polar surface area (TPSA) is 58.2 Å². The van der Waals surface area contributed by atoms with Crippen LogP contribution in [0.15, 0.2) is 22.3 Å². The van der Waals surface area contributed by atoms with Gasteiger partial charge in [0.05, 0.1) is 11.1 Å². The van der Waals surface area contributed by atoms with Gasteiger partial charge in [-0.1, -0.05) is 13.8 Å². The van der Waals surface area contributed by atoms with Crippen LogP contribution < -0.4 is 10.6 Å². The number of carbonyl (C=O) groups is 2. The Morgan fingerprint density at radius 2 is 1.10 bits per heavy atom. The zero-order chi connectivity index (χ0) is 15.3. The first-order chi connectivity index (χ1) is 9.22. The molecule has 2 heterocycles. The molecule has 0 saturated carbocycles. The first kappa shape index (κ1) is 14.8. The molecule has 2 rings (SSSR count). The quantitative estimate of drug-likeness (QED) is 0.830. The maximum atomic E-state index is 12.1. The molecule has 0 fully saturated rings. The summed E-state index contributed by atoms with van der Waals surface area (Å²) in [6.45, 7) is 11.9. The first-order valence-electron chi connectivity index (χ1n) is 7.28. The second-order valence-electron chi connectivity index (χ2n) is 6.07. The van der Waals surface area contributed by atoms with Gasteiger partial charge in [-0.15, -0.1) is 0 Å². The van der Waals surface area contributed by atoms with E-state index in [2.05, 4.69) is 24.5 Å². The summed E-state index contributed by atoms with van der Waals surface area (Å²) in [5.74, 6) is -0.0559. The van der Waals surface area contributed by atoms with Gasteiger partial charge in [-0.3, -0.25) is 9.59 Å². The Morgan fingerprint density at radius 3 is 1.35 bits per heavy atom. The largest absolute Gasteiger partial charge is 0.341 e. The lowest BCUT2D eigenvalue weighted by atomic mass is 9.69. The summed E-state index contributed by atoms with van der Waals surface area (Å²) < 4.78 is 0. The van der Waals surface area contributed by atoms with Gasteiger partial charge in [0.25, 0.3) is 0 Å². The third kappa shape index (κ3) is 1.60. The Kier molecular flexibility index (Phi) is 3.31. The molecule has 0 saturated heterocycles. The summed E-state index contributed by atoms with van der Waals surface area (Å²) in [6.07, 6.45) is 1.59. The van der Waals surface area contributed by atoms with Crippen LogP contribution >= 0.6 is 0 Å². The second kappa shape index (κ2) is 4.47. The fourth-order valence-electron chi connectivity index (χ4n) is 3.91. The summed E-state index contributed by atoms with van der Waals surface area (Å²) in [4.78, 5) is 24.2. The van der Waals surface area contributed by atoms with Gasteiger partial charge in [0, 0.05) is 11.1 Å². The number of rotatable bonds is 3. The van der Waals surface area contributed by atoms with E-state index in [1.165, 1.54) is 0 Å². The van der Waals surface area contributed by atoms with Crippen molar-refractivity contribution < 1.29 is 9.59 Å². The molecule has 2 N–H and O–H groups in total. The summed E-state index contributed by atoms with van der Waals surface area (Å²) in [7, 11) is 0. The lowest BCUT2D eigenvalue weighted by molar-refractivity contribution is -0.120. The molecule has 2 amide bonds. The number of carbonyl (C=O) groups excluding carboxylic acids is 2. The minimum Gasteiger partial charge on any atom is -0.341 e. The van der Waals surface area contributed by atoms with Crippen LogP contribution in [0.1, 0.15) is 54.4 Å². The highest BCUT2D eigenvalue weighted by molar-refractivity contribution is 6.01. The van der Waals surface area contributed by atoms with Crippen LogP contribution in [0.4, 0.5) is 0 Å². The summed E-state index contributed by atoms with van der Waals surface area (Å²) >= 11 is 0. The van der Waals surface area contributed by atoms with Gasteiger partial charge in [0.2, 0.25) is 11.8 Å². The molecule has 4 heteroatoms. The predicted molar refractivity (Wildman–Crippen MR) is 79.1 cm³/mol. The molecule has 0 spiro atoms. The molecule has 20 heavy (non-hydrogen) atoms. The van der Waals surface area contributed by atoms with Gasteiger partial charge >= 0.3 is 0 Å². The average molecular weight is 276 g/mol. The van der Waals surface area contributed by atoms with Gasteiger partial charge in [-0.2, -0.15) is 0 Å². The van der Waals surface area contributed by atoms with Crippen molar-refractivity contribution in [1.82, 2.24) is 10.6 Å². The Hall–Kier alpha value is -1.58. The van der Waals surface area contributed by atoms with E-state index >= 15 is 0 Å². The van der Waals surface area contributed by atoms with Gasteiger partial charge < -0.3 is 10.6 Å². The number of amides is 2. The maximum Gasteiger partial charge on any atom is 0.247 e. The van der Waals surface area contributed by atoms with Crippen molar-refractivity contribution in [1.29, 1.82) is 0 Å². The van der Waals surface area contributed by atoms with Crippen molar-refractivity contribution in [3.8, 4) is 0 Å². The van der Waals surface area contributed by atoms with Crippen LogP contribution in [0.3, 0.4) is 0 Å². The van der Waals surface area contributed by atoms with Crippen molar-refractivity contribution in [2.45, 2.75) is 65.5 Å². The lowest BCUT2D eigenvalue weighted by Gasteiger charge is -2.45. The molecule has 0 aromatic carbocycles. The minimum atomic E-state index is -0.554. The van der Waals surface area contributed by atoms with Crippen LogP contribution in [0.5, 0.6) is 0 Å². The van der Waals surface area contributed by atoms with E-state index in [0.717, 1.165) is 35.1 Å². The Morgan fingerprint density at radius 1 is 0.800 bits per heavy atom. The van der Waals surface area contributed by atoms with Crippen LogP contribution in [-0.2, 0) is 9.59 Å². The van der Waals surface area contributed by atoms with Crippen LogP contribution in [0.25, 0.3) is 0 Å². The molecule has 0 aromatic heterocycles. The molecule has 2 atom stereocenters. The van der Waals surface area contributed by atoms with Crippen LogP contribution in [0.2, 0.25) is 0 Å². The highest BCUT2D eigenvalue weighted by Crippen LogP contribution is 2.45. The third-order valence-corrected chi connectivity index (χ3v) is 5.23. The summed E-state index contributed by atoms with van der Waals surface area (Å²) in [6, 6.07) is 0. The number of hydrogen-bond acceptors (Lipinski definition) is 2. The van der Waals surface area contributed by atoms with Gasteiger partial charge in [0.1, 0.15) is 0 Å². The second-order valence-corrected chi connectivity index (χ2v) is 6.07. The number of nitrogens with one attached hydrogen (secondary N) is 2. The van der Waals surface area contributed by atoms with Crippen molar-refractivity contribution in [3.05, 3.63) is 22.3 Å². The van der Waals surface area contributed by atoms with Crippen LogP contribution in [0, 0.1) is 0 Å². The van der Waals surface area contributed by atoms with E-state index in [9.17, 15) is 9.59 Å². The standard InChI is InChI=1S/C16H24N2O2/c1-7-11-9(3)13(19)17-15(11,5)16(6)12(8-2)10(4)14(20)18-16/h7-8H2,1-6H3,(H,17,19)(H,18,20). The fraction of sp³-hybridized carbons (Fsp3) is 0.625. The van der Waals surface area contributed by atoms with E-state index < -0.39 is 11.1 Å². The van der Waals surface area contributed by atoms with E-state index in [-0.39, 0.29) is 11.8 Å². The molecule has 2 aliphatic heterocycles. The zero-order valence-electron chi connectivity index (χ0n) is 13.2. The van der Waals surface area contributed by atoms with E-state index in [1.54, 1.807) is 0 Å². The van der Waals surface area contributed by atoms with E-state index in [4.69, 9.17) is 0 Å². The molecule has 110 valence electrons. The molecule has 2 unspecified atom stereocenters. The maximum absolute atomic E-state index is 12.1. The highest BCUT2D eigenvalue weighted by atomic mass is 16.2. The smallest absolute Gasteiger partial charge is 0.247 e. The Labute approximate surface area is 120 Å². The molecular formula is C16H24N2O2. The Balaban J connectivity index is 2.62. The highest BCUT2D eigenvalue weighted by Gasteiger charge is 2.57. The Bertz CT molecular complexity index is 509. The first-order valence-corrected chi connectivity index (χ1v) is 7.28. The molecule has 0 radical (unpaired) electrons. The molecular weight excluding hydrogens is 252 g/mol. The average Bonchev–Trinajstić information content (AvgIpc) is 2.74. The molecule has 0 bridgehead atoms. The van der Waals surface area contributed by atoms with Gasteiger partial charge in [-0.25, -0.2) is 0 Å². The minimum absolute atomic E-state index is 0.0279. The molecule has 2 aliphatic rings. The van der Waals surface area contributed by atoms with Crippen molar-refractivity contribution in [3.63, 3.8) is 0 Å². The van der Waals surface area contributed by atoms with Crippen molar-refractivity contribution in [2.24, 2.45) is 0 Å². The summed E-state index contributed by atoms with van der Waals surface area (Å²) in [5.41, 5.74) is 2.64. The van der Waals surface area contributed by atoms with E-state index in [1.807, 2.05) is 27.7 Å². The predicted octanol–water partition coefficient (Wildman–Crippen LogP) is 2.22. The SMILES string of the molecule is CCC1=C(C)C(=O)NC1(C)C1(C)NC(=O)C(C)=C1CC. The fourth-order valence-corrected chi connectivity index (χ4v) is 3.91. The normalized spacial score (nSPS) is 33.9. The van der Waals surface area contributed by atoms with Crippen molar-refractivity contribution >= 4 is 11.8 Å². The molecule has 0 aromatic rings.